The minimum atomic E-state index is -0.277. The van der Waals surface area contributed by atoms with Crippen molar-refractivity contribution in [2.45, 2.75) is 45.2 Å². The molecule has 1 aromatic carbocycles. The first-order valence-corrected chi connectivity index (χ1v) is 9.54. The number of carbonyl (C=O) groups excluding carboxylic acids is 1. The summed E-state index contributed by atoms with van der Waals surface area (Å²) in [6.07, 6.45) is 5.85. The second kappa shape index (κ2) is 7.39. The van der Waals surface area contributed by atoms with E-state index in [1.54, 1.807) is 18.3 Å². The van der Waals surface area contributed by atoms with Gasteiger partial charge in [0, 0.05) is 12.7 Å². The number of pyridine rings is 1. The van der Waals surface area contributed by atoms with Gasteiger partial charge in [-0.25, -0.2) is 9.48 Å². The molecule has 0 spiro atoms. The highest BCUT2D eigenvalue weighted by Crippen LogP contribution is 2.30. The molecule has 3 aromatic rings. The molecule has 0 aliphatic carbocycles. The third kappa shape index (κ3) is 3.52. The quantitative estimate of drug-likeness (QED) is 0.718. The van der Waals surface area contributed by atoms with Crippen LogP contribution < -0.4 is 5.69 Å². The van der Waals surface area contributed by atoms with Crippen LogP contribution in [0.15, 0.2) is 53.5 Å². The van der Waals surface area contributed by atoms with Crippen LogP contribution in [0, 0.1) is 6.92 Å². The average Bonchev–Trinajstić information content (AvgIpc) is 2.85. The molecule has 1 unspecified atom stereocenters. The first-order chi connectivity index (χ1) is 13.1. The van der Waals surface area contributed by atoms with Crippen LogP contribution in [0.4, 0.5) is 0 Å². The molecular weight excluding hydrogens is 340 g/mol. The van der Waals surface area contributed by atoms with Gasteiger partial charge in [-0.1, -0.05) is 48.7 Å². The van der Waals surface area contributed by atoms with Gasteiger partial charge in [-0.2, -0.15) is 0 Å². The third-order valence-electron chi connectivity index (χ3n) is 5.27. The van der Waals surface area contributed by atoms with Crippen molar-refractivity contribution in [2.75, 3.05) is 6.54 Å². The van der Waals surface area contributed by atoms with Crippen molar-refractivity contribution in [1.82, 2.24) is 19.1 Å². The Bertz CT molecular complexity index is 1020. The number of amides is 1. The van der Waals surface area contributed by atoms with Crippen molar-refractivity contribution in [3.05, 3.63) is 70.3 Å². The molecule has 0 bridgehead atoms. The van der Waals surface area contributed by atoms with E-state index in [0.29, 0.717) is 5.65 Å². The monoisotopic (exact) mass is 364 g/mol. The van der Waals surface area contributed by atoms with Crippen LogP contribution in [0.2, 0.25) is 0 Å². The Kier molecular flexibility index (Phi) is 4.79. The predicted molar refractivity (Wildman–Crippen MR) is 104 cm³/mol. The highest BCUT2D eigenvalue weighted by atomic mass is 16.2. The molecule has 0 radical (unpaired) electrons. The molecule has 140 valence electrons. The van der Waals surface area contributed by atoms with Crippen LogP contribution in [0.1, 0.15) is 42.9 Å². The maximum atomic E-state index is 13.1. The summed E-state index contributed by atoms with van der Waals surface area (Å²) in [5.41, 5.74) is 2.65. The second-order valence-corrected chi connectivity index (χ2v) is 7.24. The summed E-state index contributed by atoms with van der Waals surface area (Å²) >= 11 is 0. The van der Waals surface area contributed by atoms with Gasteiger partial charge in [-0.15, -0.1) is 5.10 Å². The molecule has 27 heavy (non-hydrogen) atoms. The van der Waals surface area contributed by atoms with Gasteiger partial charge in [0.15, 0.2) is 5.65 Å². The molecule has 4 rings (SSSR count). The van der Waals surface area contributed by atoms with E-state index in [2.05, 4.69) is 30.2 Å². The summed E-state index contributed by atoms with van der Waals surface area (Å²) in [4.78, 5) is 27.6. The first kappa shape index (κ1) is 17.5. The van der Waals surface area contributed by atoms with Gasteiger partial charge in [-0.05, 0) is 37.5 Å². The van der Waals surface area contributed by atoms with Crippen molar-refractivity contribution >= 4 is 11.6 Å². The molecule has 2 aromatic heterocycles. The van der Waals surface area contributed by atoms with Gasteiger partial charge >= 0.3 is 5.69 Å². The Morgan fingerprint density at radius 2 is 2.04 bits per heavy atom. The van der Waals surface area contributed by atoms with Gasteiger partial charge in [-0.3, -0.25) is 9.20 Å². The molecule has 6 heteroatoms. The predicted octanol–water partition coefficient (Wildman–Crippen LogP) is 2.95. The van der Waals surface area contributed by atoms with E-state index in [0.717, 1.165) is 32.2 Å². The second-order valence-electron chi connectivity index (χ2n) is 7.24. The standard InChI is InChI=1S/C21H24N4O2/c1-16-8-7-9-17(14-16)18-10-3-2-5-12-23(18)20(26)15-25-21(27)24-13-6-4-11-19(24)22-25/h4,6-9,11,13-14,18H,2-3,5,10,12,15H2,1H3. The average molecular weight is 364 g/mol. The molecule has 0 saturated carbocycles. The molecule has 1 aliphatic rings. The van der Waals surface area contributed by atoms with Crippen molar-refractivity contribution < 1.29 is 4.79 Å². The van der Waals surface area contributed by atoms with E-state index in [1.807, 2.05) is 17.0 Å². The lowest BCUT2D eigenvalue weighted by molar-refractivity contribution is -0.134. The number of fused-ring (bicyclic) bond motifs is 1. The number of nitrogens with zero attached hydrogens (tertiary/aromatic N) is 4. The molecule has 3 heterocycles. The Morgan fingerprint density at radius 1 is 1.15 bits per heavy atom. The van der Waals surface area contributed by atoms with E-state index < -0.39 is 0 Å². The number of rotatable bonds is 3. The summed E-state index contributed by atoms with van der Waals surface area (Å²) < 4.78 is 2.74. The smallest absolute Gasteiger partial charge is 0.334 e. The summed E-state index contributed by atoms with van der Waals surface area (Å²) in [6.45, 7) is 2.77. The molecule has 1 atom stereocenters. The Morgan fingerprint density at radius 3 is 2.85 bits per heavy atom. The van der Waals surface area contributed by atoms with Crippen LogP contribution in [0.3, 0.4) is 0 Å². The van der Waals surface area contributed by atoms with E-state index in [4.69, 9.17) is 0 Å². The highest BCUT2D eigenvalue weighted by molar-refractivity contribution is 5.76. The van der Waals surface area contributed by atoms with E-state index in [-0.39, 0.29) is 24.2 Å². The van der Waals surface area contributed by atoms with E-state index in [9.17, 15) is 9.59 Å². The topological polar surface area (TPSA) is 59.6 Å². The van der Waals surface area contributed by atoms with Gasteiger partial charge in [0.25, 0.3) is 0 Å². The van der Waals surface area contributed by atoms with Gasteiger partial charge in [0.05, 0.1) is 6.04 Å². The summed E-state index contributed by atoms with van der Waals surface area (Å²) in [5.74, 6) is -0.0473. The zero-order valence-corrected chi connectivity index (χ0v) is 15.5. The largest absolute Gasteiger partial charge is 0.350 e. The van der Waals surface area contributed by atoms with Gasteiger partial charge < -0.3 is 4.90 Å². The molecule has 1 amide bonds. The normalized spacial score (nSPS) is 17.8. The minimum absolute atomic E-state index is 0.0250. The zero-order valence-electron chi connectivity index (χ0n) is 15.5. The lowest BCUT2D eigenvalue weighted by Crippen LogP contribution is -2.39. The van der Waals surface area contributed by atoms with Crippen molar-refractivity contribution in [3.63, 3.8) is 0 Å². The maximum absolute atomic E-state index is 13.1. The number of benzene rings is 1. The Hall–Kier alpha value is -2.89. The van der Waals surface area contributed by atoms with Crippen LogP contribution in [0.5, 0.6) is 0 Å². The Balaban J connectivity index is 1.63. The van der Waals surface area contributed by atoms with E-state index in [1.165, 1.54) is 20.2 Å². The molecule has 1 aliphatic heterocycles. The minimum Gasteiger partial charge on any atom is -0.334 e. The number of aryl methyl sites for hydroxylation is 1. The molecule has 0 N–H and O–H groups in total. The lowest BCUT2D eigenvalue weighted by Gasteiger charge is -2.30. The molecule has 6 nitrogen and oxygen atoms in total. The summed E-state index contributed by atoms with van der Waals surface area (Å²) in [7, 11) is 0. The number of hydrogen-bond acceptors (Lipinski definition) is 3. The Labute approximate surface area is 158 Å². The maximum Gasteiger partial charge on any atom is 0.350 e. The summed E-state index contributed by atoms with van der Waals surface area (Å²) in [6, 6.07) is 13.8. The summed E-state index contributed by atoms with van der Waals surface area (Å²) in [5, 5.41) is 4.30. The number of hydrogen-bond donors (Lipinski definition) is 0. The molecular formula is C21H24N4O2. The van der Waals surface area contributed by atoms with Crippen molar-refractivity contribution in [2.24, 2.45) is 0 Å². The fraction of sp³-hybridized carbons (Fsp3) is 0.381. The third-order valence-corrected chi connectivity index (χ3v) is 5.27. The van der Waals surface area contributed by atoms with Crippen LogP contribution in [-0.2, 0) is 11.3 Å². The van der Waals surface area contributed by atoms with Crippen LogP contribution >= 0.6 is 0 Å². The number of likely N-dealkylation sites (tertiary alicyclic amines) is 1. The SMILES string of the molecule is Cc1cccc(C2CCCCCN2C(=O)Cn2nc3ccccn3c2=O)c1. The lowest BCUT2D eigenvalue weighted by atomic mass is 9.99. The fourth-order valence-corrected chi connectivity index (χ4v) is 3.92. The first-order valence-electron chi connectivity index (χ1n) is 9.54. The van der Waals surface area contributed by atoms with Gasteiger partial charge in [0.1, 0.15) is 6.54 Å². The van der Waals surface area contributed by atoms with Gasteiger partial charge in [0.2, 0.25) is 5.91 Å². The fourth-order valence-electron chi connectivity index (χ4n) is 3.92. The molecule has 1 saturated heterocycles. The van der Waals surface area contributed by atoms with Crippen LogP contribution in [-0.4, -0.2) is 31.5 Å². The zero-order chi connectivity index (χ0) is 18.8. The van der Waals surface area contributed by atoms with Crippen molar-refractivity contribution in [3.8, 4) is 0 Å². The van der Waals surface area contributed by atoms with Crippen molar-refractivity contribution in [1.29, 1.82) is 0 Å². The number of aromatic nitrogens is 3. The highest BCUT2D eigenvalue weighted by Gasteiger charge is 2.27. The molecule has 1 fully saturated rings. The number of carbonyl (C=O) groups is 1. The van der Waals surface area contributed by atoms with E-state index >= 15 is 0 Å². The van der Waals surface area contributed by atoms with Crippen LogP contribution in [0.25, 0.3) is 5.65 Å².